The number of fused-ring (bicyclic) bond motifs is 2. The second-order valence-corrected chi connectivity index (χ2v) is 9.78. The first kappa shape index (κ1) is 23.1. The van der Waals surface area contributed by atoms with E-state index in [4.69, 9.17) is 10.5 Å². The molecule has 9 heteroatoms. The summed E-state index contributed by atoms with van der Waals surface area (Å²) in [7, 11) is 0. The van der Waals surface area contributed by atoms with E-state index in [1.807, 2.05) is 37.3 Å². The molecule has 0 unspecified atom stereocenters. The molecule has 1 aliphatic carbocycles. The minimum absolute atomic E-state index is 0.159. The fourth-order valence-electron chi connectivity index (χ4n) is 5.41. The van der Waals surface area contributed by atoms with Crippen LogP contribution in [0.2, 0.25) is 0 Å². The molecule has 0 amide bonds. The van der Waals surface area contributed by atoms with Crippen molar-refractivity contribution >= 4 is 27.6 Å². The van der Waals surface area contributed by atoms with Gasteiger partial charge in [0.25, 0.3) is 5.56 Å². The molecule has 0 saturated heterocycles. The highest BCUT2D eigenvalue weighted by molar-refractivity contribution is 5.91. The number of nitrogens with zero attached hydrogens (tertiary/aromatic N) is 4. The third-order valence-electron chi connectivity index (χ3n) is 7.08. The van der Waals surface area contributed by atoms with E-state index in [0.29, 0.717) is 58.4 Å². The van der Waals surface area contributed by atoms with Gasteiger partial charge in [-0.25, -0.2) is 9.78 Å². The van der Waals surface area contributed by atoms with Gasteiger partial charge in [-0.15, -0.1) is 0 Å². The van der Waals surface area contributed by atoms with Crippen molar-refractivity contribution in [3.05, 3.63) is 87.8 Å². The average molecular weight is 498 g/mol. The van der Waals surface area contributed by atoms with E-state index in [9.17, 15) is 14.7 Å². The molecule has 3 aromatic heterocycles. The third-order valence-corrected chi connectivity index (χ3v) is 7.08. The lowest BCUT2D eigenvalue weighted by Gasteiger charge is -2.41. The molecule has 188 valence electrons. The fourth-order valence-corrected chi connectivity index (χ4v) is 5.41. The number of anilines is 1. The Labute approximate surface area is 212 Å². The minimum Gasteiger partial charge on any atom is -0.492 e. The molecule has 0 radical (unpaired) electrons. The summed E-state index contributed by atoms with van der Waals surface area (Å²) >= 11 is 0. The van der Waals surface area contributed by atoms with Crippen LogP contribution in [0.15, 0.2) is 76.6 Å². The topological polar surface area (TPSA) is 117 Å². The van der Waals surface area contributed by atoms with Crippen molar-refractivity contribution in [1.82, 2.24) is 18.7 Å². The number of aromatic nitrogens is 4. The molecular formula is C28H27N5O4. The molecule has 0 atom stereocenters. The predicted octanol–water partition coefficient (Wildman–Crippen LogP) is 3.56. The highest BCUT2D eigenvalue weighted by Crippen LogP contribution is 2.42. The second-order valence-electron chi connectivity index (χ2n) is 9.78. The highest BCUT2D eigenvalue weighted by Gasteiger charge is 2.41. The standard InChI is InChI=1S/C28H27N5O4/c1-3-37-23-16-31(17-7-5-4-6-8-17)26(34)21-13-18(9-10-20(21)23)33-24-22(11-12-30-25(24)29)32(27(33)35)19-14-28(2,36)15-19/h4-13,16,19,36H,3,14-15H2,1-2H3,(H2,29,30). The van der Waals surface area contributed by atoms with Crippen LogP contribution in [0.1, 0.15) is 32.7 Å². The van der Waals surface area contributed by atoms with Gasteiger partial charge in [-0.2, -0.15) is 0 Å². The molecule has 3 heterocycles. The number of nitrogen functional groups attached to an aromatic ring is 1. The summed E-state index contributed by atoms with van der Waals surface area (Å²) in [5, 5.41) is 11.4. The summed E-state index contributed by atoms with van der Waals surface area (Å²) in [5.41, 5.74) is 7.27. The molecular weight excluding hydrogens is 470 g/mol. The Morgan fingerprint density at radius 3 is 2.54 bits per heavy atom. The first-order valence-corrected chi connectivity index (χ1v) is 12.3. The molecule has 3 N–H and O–H groups in total. The van der Waals surface area contributed by atoms with Crippen LogP contribution in [-0.2, 0) is 0 Å². The maximum Gasteiger partial charge on any atom is 0.334 e. The van der Waals surface area contributed by atoms with Crippen molar-refractivity contribution in [2.24, 2.45) is 0 Å². The molecule has 1 aliphatic rings. The third kappa shape index (κ3) is 3.62. The van der Waals surface area contributed by atoms with Gasteiger partial charge in [0.1, 0.15) is 17.1 Å². The molecule has 5 aromatic rings. The maximum atomic E-state index is 13.8. The van der Waals surface area contributed by atoms with Gasteiger partial charge in [0.15, 0.2) is 0 Å². The Morgan fingerprint density at radius 2 is 1.84 bits per heavy atom. The lowest BCUT2D eigenvalue weighted by molar-refractivity contribution is -0.0507. The summed E-state index contributed by atoms with van der Waals surface area (Å²) in [6.07, 6.45) is 4.20. The lowest BCUT2D eigenvalue weighted by atomic mass is 9.77. The van der Waals surface area contributed by atoms with Crippen LogP contribution >= 0.6 is 0 Å². The largest absolute Gasteiger partial charge is 0.492 e. The van der Waals surface area contributed by atoms with Gasteiger partial charge in [0.2, 0.25) is 0 Å². The van der Waals surface area contributed by atoms with Gasteiger partial charge >= 0.3 is 5.69 Å². The summed E-state index contributed by atoms with van der Waals surface area (Å²) < 4.78 is 10.6. The number of rotatable bonds is 5. The number of para-hydroxylation sites is 1. The molecule has 2 aromatic carbocycles. The zero-order chi connectivity index (χ0) is 25.9. The SMILES string of the molecule is CCOc1cn(-c2ccccc2)c(=O)c2cc(-n3c(=O)n(C4CC(C)(O)C4)c4ccnc(N)c43)ccc12. The van der Waals surface area contributed by atoms with E-state index >= 15 is 0 Å². The zero-order valence-corrected chi connectivity index (χ0v) is 20.6. The molecule has 9 nitrogen and oxygen atoms in total. The van der Waals surface area contributed by atoms with Crippen molar-refractivity contribution in [3.8, 4) is 17.1 Å². The first-order valence-electron chi connectivity index (χ1n) is 12.3. The van der Waals surface area contributed by atoms with Crippen LogP contribution in [0.3, 0.4) is 0 Å². The normalized spacial score (nSPS) is 19.3. The van der Waals surface area contributed by atoms with Gasteiger partial charge in [0.05, 0.1) is 35.0 Å². The van der Waals surface area contributed by atoms with Gasteiger partial charge < -0.3 is 15.6 Å². The molecule has 6 rings (SSSR count). The quantitative estimate of drug-likeness (QED) is 0.383. The number of hydrogen-bond acceptors (Lipinski definition) is 6. The number of hydrogen-bond donors (Lipinski definition) is 2. The smallest absolute Gasteiger partial charge is 0.334 e. The molecule has 1 saturated carbocycles. The maximum absolute atomic E-state index is 13.8. The number of aliphatic hydroxyl groups is 1. The molecule has 1 fully saturated rings. The van der Waals surface area contributed by atoms with Crippen molar-refractivity contribution < 1.29 is 9.84 Å². The summed E-state index contributed by atoms with van der Waals surface area (Å²) in [6, 6.07) is 16.2. The van der Waals surface area contributed by atoms with Crippen LogP contribution < -0.4 is 21.7 Å². The van der Waals surface area contributed by atoms with Crippen LogP contribution in [0.25, 0.3) is 33.2 Å². The lowest BCUT2D eigenvalue weighted by Crippen LogP contribution is -2.44. The second kappa shape index (κ2) is 8.35. The Morgan fingerprint density at radius 1 is 1.08 bits per heavy atom. The molecule has 0 bridgehead atoms. The summed E-state index contributed by atoms with van der Waals surface area (Å²) in [5.74, 6) is 0.782. The number of ether oxygens (including phenoxy) is 1. The molecule has 0 aliphatic heterocycles. The van der Waals surface area contributed by atoms with Crippen LogP contribution in [0, 0.1) is 0 Å². The Kier molecular flexibility index (Phi) is 5.20. The molecule has 0 spiro atoms. The Hall–Kier alpha value is -4.37. The van der Waals surface area contributed by atoms with Crippen molar-refractivity contribution in [2.45, 2.75) is 38.3 Å². The number of imidazole rings is 1. The number of nitrogens with two attached hydrogens (primary N) is 1. The van der Waals surface area contributed by atoms with Crippen LogP contribution in [-0.4, -0.2) is 36.0 Å². The number of benzene rings is 2. The summed E-state index contributed by atoms with van der Waals surface area (Å²) in [4.78, 5) is 31.7. The van der Waals surface area contributed by atoms with E-state index < -0.39 is 5.60 Å². The van der Waals surface area contributed by atoms with E-state index in [1.165, 1.54) is 4.57 Å². The predicted molar refractivity (Wildman–Crippen MR) is 143 cm³/mol. The van der Waals surface area contributed by atoms with Crippen LogP contribution in [0.5, 0.6) is 5.75 Å². The highest BCUT2D eigenvalue weighted by atomic mass is 16.5. The summed E-state index contributed by atoms with van der Waals surface area (Å²) in [6.45, 7) is 4.09. The fraction of sp³-hybridized carbons (Fsp3) is 0.250. The average Bonchev–Trinajstić information content (AvgIpc) is 3.17. The van der Waals surface area contributed by atoms with Crippen molar-refractivity contribution in [2.75, 3.05) is 12.3 Å². The first-order chi connectivity index (χ1) is 17.8. The minimum atomic E-state index is -0.807. The van der Waals surface area contributed by atoms with Gasteiger partial charge in [-0.05, 0) is 63.1 Å². The van der Waals surface area contributed by atoms with Gasteiger partial charge in [-0.3, -0.25) is 18.5 Å². The van der Waals surface area contributed by atoms with E-state index in [0.717, 1.165) is 0 Å². The van der Waals surface area contributed by atoms with E-state index in [2.05, 4.69) is 4.98 Å². The van der Waals surface area contributed by atoms with Crippen molar-refractivity contribution in [1.29, 1.82) is 0 Å². The van der Waals surface area contributed by atoms with E-state index in [-0.39, 0.29) is 23.1 Å². The van der Waals surface area contributed by atoms with Crippen LogP contribution in [0.4, 0.5) is 5.82 Å². The van der Waals surface area contributed by atoms with E-state index in [1.54, 1.807) is 52.7 Å². The number of pyridine rings is 2. The van der Waals surface area contributed by atoms with Gasteiger partial charge in [0, 0.05) is 23.3 Å². The van der Waals surface area contributed by atoms with Gasteiger partial charge in [-0.1, -0.05) is 18.2 Å². The Balaban J connectivity index is 1.62. The zero-order valence-electron chi connectivity index (χ0n) is 20.6. The Bertz CT molecular complexity index is 1770. The van der Waals surface area contributed by atoms with Crippen molar-refractivity contribution in [3.63, 3.8) is 0 Å². The monoisotopic (exact) mass is 497 g/mol. The molecule has 37 heavy (non-hydrogen) atoms.